The molecule has 6 heteroatoms. The van der Waals surface area contributed by atoms with Gasteiger partial charge in [0.15, 0.2) is 5.96 Å². The van der Waals surface area contributed by atoms with Gasteiger partial charge in [0.1, 0.15) is 0 Å². The Hall–Kier alpha value is -0.850. The van der Waals surface area contributed by atoms with Gasteiger partial charge in [-0.3, -0.25) is 9.89 Å². The molecule has 0 radical (unpaired) electrons. The van der Waals surface area contributed by atoms with Crippen LogP contribution >= 0.6 is 0 Å². The number of nitrogens with one attached hydrogen (secondary N) is 1. The number of hydrogen-bond donors (Lipinski definition) is 1. The lowest BCUT2D eigenvalue weighted by molar-refractivity contribution is -0.125. The molecule has 4 atom stereocenters. The van der Waals surface area contributed by atoms with Crippen molar-refractivity contribution in [2.45, 2.75) is 63.6 Å². The standard InChI is InChI=1S/C21H36N4O2/c1-2-22-20(25-9-5-16(15-25)24-10-13-26-14-11-24)23-18-17-6-12-27-19(17)21(18)7-3-4-8-21/h16-19H,2-15H2,1H3,(H,22,23). The van der Waals surface area contributed by atoms with Crippen molar-refractivity contribution < 1.29 is 9.47 Å². The Morgan fingerprint density at radius 1 is 1.11 bits per heavy atom. The number of likely N-dealkylation sites (tertiary alicyclic amines) is 1. The number of nitrogens with zero attached hydrogens (tertiary/aromatic N) is 3. The summed E-state index contributed by atoms with van der Waals surface area (Å²) in [7, 11) is 0. The maximum absolute atomic E-state index is 6.17. The van der Waals surface area contributed by atoms with Crippen LogP contribution in [-0.2, 0) is 9.47 Å². The molecule has 152 valence electrons. The van der Waals surface area contributed by atoms with E-state index in [1.165, 1.54) is 38.5 Å². The number of hydrogen-bond acceptors (Lipinski definition) is 4. The molecule has 5 aliphatic rings. The summed E-state index contributed by atoms with van der Waals surface area (Å²) in [5.41, 5.74) is 0.388. The van der Waals surface area contributed by atoms with E-state index in [0.717, 1.165) is 58.5 Å². The fraction of sp³-hybridized carbons (Fsp3) is 0.952. The van der Waals surface area contributed by atoms with Crippen molar-refractivity contribution >= 4 is 5.96 Å². The number of guanidine groups is 1. The molecule has 0 amide bonds. The van der Waals surface area contributed by atoms with Gasteiger partial charge in [-0.1, -0.05) is 12.8 Å². The average molecular weight is 377 g/mol. The van der Waals surface area contributed by atoms with Gasteiger partial charge in [0, 0.05) is 62.7 Å². The average Bonchev–Trinajstić information content (AvgIpc) is 3.45. The summed E-state index contributed by atoms with van der Waals surface area (Å²) in [5, 5.41) is 3.98. The molecule has 0 aromatic rings. The van der Waals surface area contributed by atoms with Crippen molar-refractivity contribution in [2.75, 3.05) is 52.5 Å². The SMILES string of the molecule is CCN=C(NC1C2CCOC2C12CCCC2)N1CCC(N2CCOCC2)C1. The Balaban J connectivity index is 1.27. The predicted octanol–water partition coefficient (Wildman–Crippen LogP) is 1.71. The summed E-state index contributed by atoms with van der Waals surface area (Å²) >= 11 is 0. The zero-order valence-electron chi connectivity index (χ0n) is 16.9. The van der Waals surface area contributed by atoms with E-state index in [4.69, 9.17) is 14.5 Å². The van der Waals surface area contributed by atoms with Crippen molar-refractivity contribution in [2.24, 2.45) is 16.3 Å². The van der Waals surface area contributed by atoms with E-state index in [9.17, 15) is 0 Å². The molecular weight excluding hydrogens is 340 g/mol. The first-order valence-corrected chi connectivity index (χ1v) is 11.3. The Morgan fingerprint density at radius 3 is 2.70 bits per heavy atom. The molecule has 5 rings (SSSR count). The molecule has 5 fully saturated rings. The highest BCUT2D eigenvalue weighted by molar-refractivity contribution is 5.81. The monoisotopic (exact) mass is 376 g/mol. The van der Waals surface area contributed by atoms with E-state index >= 15 is 0 Å². The third-order valence-corrected chi connectivity index (χ3v) is 7.90. The van der Waals surface area contributed by atoms with Gasteiger partial charge in [-0.05, 0) is 32.6 Å². The first-order valence-electron chi connectivity index (χ1n) is 11.3. The molecule has 1 spiro atoms. The van der Waals surface area contributed by atoms with Crippen LogP contribution in [0.5, 0.6) is 0 Å². The van der Waals surface area contributed by atoms with E-state index in [-0.39, 0.29) is 0 Å². The second kappa shape index (κ2) is 7.53. The lowest BCUT2D eigenvalue weighted by Crippen LogP contribution is -2.69. The minimum atomic E-state index is 0.388. The molecule has 0 aromatic carbocycles. The maximum Gasteiger partial charge on any atom is 0.194 e. The van der Waals surface area contributed by atoms with Crippen LogP contribution in [0.25, 0.3) is 0 Å². The van der Waals surface area contributed by atoms with E-state index in [0.29, 0.717) is 29.5 Å². The van der Waals surface area contributed by atoms with E-state index in [1.54, 1.807) is 0 Å². The van der Waals surface area contributed by atoms with Crippen molar-refractivity contribution in [1.29, 1.82) is 0 Å². The minimum Gasteiger partial charge on any atom is -0.379 e. The summed E-state index contributed by atoms with van der Waals surface area (Å²) in [6.45, 7) is 10.1. The van der Waals surface area contributed by atoms with Crippen molar-refractivity contribution in [3.63, 3.8) is 0 Å². The van der Waals surface area contributed by atoms with E-state index in [1.807, 2.05) is 0 Å². The van der Waals surface area contributed by atoms with Crippen LogP contribution in [0.3, 0.4) is 0 Å². The normalized spacial score (nSPS) is 39.0. The van der Waals surface area contributed by atoms with Gasteiger partial charge in [-0.2, -0.15) is 0 Å². The molecule has 0 aromatic heterocycles. The van der Waals surface area contributed by atoms with Crippen LogP contribution in [0.15, 0.2) is 4.99 Å². The number of aliphatic imine (C=N–C) groups is 1. The fourth-order valence-electron chi connectivity index (χ4n) is 6.60. The molecule has 3 aliphatic heterocycles. The number of rotatable bonds is 3. The van der Waals surface area contributed by atoms with E-state index < -0.39 is 0 Å². The molecule has 0 bridgehead atoms. The maximum atomic E-state index is 6.17. The summed E-state index contributed by atoms with van der Waals surface area (Å²) in [5.74, 6) is 1.86. The highest BCUT2D eigenvalue weighted by atomic mass is 16.5. The molecule has 3 heterocycles. The van der Waals surface area contributed by atoms with Crippen LogP contribution in [0.1, 0.15) is 45.4 Å². The topological polar surface area (TPSA) is 49.3 Å². The summed E-state index contributed by atoms with van der Waals surface area (Å²) in [6.07, 6.45) is 8.39. The number of morpholine rings is 1. The second-order valence-corrected chi connectivity index (χ2v) is 9.14. The highest BCUT2D eigenvalue weighted by Gasteiger charge is 2.65. The summed E-state index contributed by atoms with van der Waals surface area (Å²) in [6, 6.07) is 1.22. The Kier molecular flexibility index (Phi) is 5.07. The van der Waals surface area contributed by atoms with Crippen LogP contribution in [0.2, 0.25) is 0 Å². The largest absolute Gasteiger partial charge is 0.379 e. The zero-order chi connectivity index (χ0) is 18.3. The number of fused-ring (bicyclic) bond motifs is 2. The smallest absolute Gasteiger partial charge is 0.194 e. The fourth-order valence-corrected chi connectivity index (χ4v) is 6.60. The van der Waals surface area contributed by atoms with Crippen molar-refractivity contribution in [1.82, 2.24) is 15.1 Å². The Labute approximate surface area is 163 Å². The molecule has 4 unspecified atom stereocenters. The van der Waals surface area contributed by atoms with Crippen LogP contribution < -0.4 is 5.32 Å². The van der Waals surface area contributed by atoms with Crippen molar-refractivity contribution in [3.05, 3.63) is 0 Å². The molecular formula is C21H36N4O2. The molecule has 2 aliphatic carbocycles. The van der Waals surface area contributed by atoms with E-state index in [2.05, 4.69) is 22.0 Å². The van der Waals surface area contributed by atoms with Gasteiger partial charge in [0.05, 0.1) is 19.3 Å². The van der Waals surface area contributed by atoms with Gasteiger partial charge in [0.2, 0.25) is 0 Å². The lowest BCUT2D eigenvalue weighted by Gasteiger charge is -2.57. The molecule has 27 heavy (non-hydrogen) atoms. The molecule has 1 N–H and O–H groups in total. The Bertz CT molecular complexity index is 556. The number of ether oxygens (including phenoxy) is 2. The Morgan fingerprint density at radius 2 is 1.93 bits per heavy atom. The summed E-state index contributed by atoms with van der Waals surface area (Å²) in [4.78, 5) is 10.1. The third-order valence-electron chi connectivity index (χ3n) is 7.90. The highest BCUT2D eigenvalue weighted by Crippen LogP contribution is 2.60. The second-order valence-electron chi connectivity index (χ2n) is 9.14. The zero-order valence-corrected chi connectivity index (χ0v) is 16.9. The van der Waals surface area contributed by atoms with Crippen LogP contribution in [-0.4, -0.2) is 86.5 Å². The third kappa shape index (κ3) is 3.08. The van der Waals surface area contributed by atoms with Gasteiger partial charge < -0.3 is 19.7 Å². The predicted molar refractivity (Wildman–Crippen MR) is 106 cm³/mol. The molecule has 6 nitrogen and oxygen atoms in total. The molecule has 2 saturated carbocycles. The molecule has 3 saturated heterocycles. The van der Waals surface area contributed by atoms with Gasteiger partial charge in [0.25, 0.3) is 0 Å². The minimum absolute atomic E-state index is 0.388. The lowest BCUT2D eigenvalue weighted by atomic mass is 9.54. The van der Waals surface area contributed by atoms with Gasteiger partial charge in [-0.25, -0.2) is 0 Å². The first kappa shape index (κ1) is 18.2. The van der Waals surface area contributed by atoms with Crippen molar-refractivity contribution in [3.8, 4) is 0 Å². The quantitative estimate of drug-likeness (QED) is 0.600. The van der Waals surface area contributed by atoms with Crippen LogP contribution in [0, 0.1) is 11.3 Å². The van der Waals surface area contributed by atoms with Gasteiger partial charge in [-0.15, -0.1) is 0 Å². The first-order chi connectivity index (χ1) is 13.3. The van der Waals surface area contributed by atoms with Gasteiger partial charge >= 0.3 is 0 Å². The summed E-state index contributed by atoms with van der Waals surface area (Å²) < 4.78 is 11.7. The van der Waals surface area contributed by atoms with Crippen LogP contribution in [0.4, 0.5) is 0 Å².